The van der Waals surface area contributed by atoms with Gasteiger partial charge in [0.25, 0.3) is 0 Å². The Bertz CT molecular complexity index is 11.6. The molecular weight excluding hydrogens is 416 g/mol. The smallest absolute Gasteiger partial charge is 0 e. The normalized spacial score (nSPS) is 0. The maximum absolute atomic E-state index is 0. The molecule has 0 spiro atoms. The van der Waals surface area contributed by atoms with Gasteiger partial charge in [-0.15, -0.1) is 0 Å². The van der Waals surface area contributed by atoms with E-state index in [1.54, 1.807) is 0 Å². The minimum Gasteiger partial charge on any atom is 0 e. The Balaban J connectivity index is 0. The fourth-order valence-electron chi connectivity index (χ4n) is 0. The summed E-state index contributed by atoms with van der Waals surface area (Å²) in [5.41, 5.74) is 0. The van der Waals surface area contributed by atoms with Crippen LogP contribution in [-0.2, 0) is 38.1 Å². The Hall–Kier alpha value is 3.29. The Kier molecular flexibility index (Phi) is 217. The van der Waals surface area contributed by atoms with Crippen LogP contribution in [0.4, 0.5) is 0 Å². The summed E-state index contributed by atoms with van der Waals surface area (Å²) in [6.45, 7) is 0. The molecule has 0 aliphatic heterocycles. The van der Waals surface area contributed by atoms with Crippen LogP contribution in [0, 0.1) is 0 Å². The van der Waals surface area contributed by atoms with Crippen LogP contribution in [0.3, 0.4) is 0 Å². The largest absolute Gasteiger partial charge is 0.316 e. The van der Waals surface area contributed by atoms with E-state index in [4.69, 9.17) is 0 Å². The van der Waals surface area contributed by atoms with E-state index in [9.17, 15) is 0 Å². The first-order chi connectivity index (χ1) is 0. The minimum atomic E-state index is 0. The first kappa shape index (κ1) is 40.7. The van der Waals surface area contributed by atoms with Gasteiger partial charge in [0.15, 0.2) is 0 Å². The van der Waals surface area contributed by atoms with E-state index in [1.807, 2.05) is 0 Å². The van der Waals surface area contributed by atoms with Crippen molar-refractivity contribution in [2.24, 2.45) is 0 Å². The van der Waals surface area contributed by atoms with Crippen LogP contribution in [0.1, 0.15) is 0 Å². The maximum atomic E-state index is 0. The van der Waals surface area contributed by atoms with E-state index in [-0.39, 0.29) is 97.3 Å². The van der Waals surface area contributed by atoms with Crippen LogP contribution in [-0.4, -0.2) is 49.3 Å². The third-order valence-electron chi connectivity index (χ3n) is 0. The molecule has 0 rings (SSSR count). The van der Waals surface area contributed by atoms with Gasteiger partial charge in [0, 0.05) is 74.2 Å². The predicted molar refractivity (Wildman–Crippen MR) is 21.2 cm³/mol. The summed E-state index contributed by atoms with van der Waals surface area (Å²) in [6, 6.07) is 0. The molecule has 0 aromatic rings. The second-order valence-electron chi connectivity index (χ2n) is 0. The Morgan fingerprint density at radius 2 is 1.00 bits per heavy atom. The van der Waals surface area contributed by atoms with Gasteiger partial charge in [-0.25, -0.2) is 0 Å². The third-order valence-corrected chi connectivity index (χ3v) is 0. The molecule has 0 aliphatic rings. The summed E-state index contributed by atoms with van der Waals surface area (Å²) in [5, 5.41) is 0. The van der Waals surface area contributed by atoms with Crippen LogP contribution >= 0.6 is 9.90 Å². The van der Waals surface area contributed by atoms with Crippen molar-refractivity contribution in [3.05, 3.63) is 0 Å². The van der Waals surface area contributed by atoms with Crippen molar-refractivity contribution in [3.63, 3.8) is 0 Å². The number of hydrogen-bond donors (Lipinski definition) is 0. The van der Waals surface area contributed by atoms with Crippen molar-refractivity contribution in [1.82, 2.24) is 0 Å². The van der Waals surface area contributed by atoms with Gasteiger partial charge in [-0.1, -0.05) is 0 Å². The van der Waals surface area contributed by atoms with E-state index < -0.39 is 0 Å². The van der Waals surface area contributed by atoms with Crippen LogP contribution in [0.15, 0.2) is 0 Å². The first-order valence-corrected chi connectivity index (χ1v) is 0. The summed E-state index contributed by atoms with van der Waals surface area (Å²) < 4.78 is 0. The molecule has 0 heterocycles. The molecule has 5 heteroatoms. The average molecular weight is 418 g/mol. The Labute approximate surface area is 95.6 Å². The second kappa shape index (κ2) is 26.7. The fourth-order valence-corrected chi connectivity index (χ4v) is 0. The predicted octanol–water partition coefficient (Wildman–Crippen LogP) is -0.441. The van der Waals surface area contributed by atoms with Crippen LogP contribution in [0.2, 0.25) is 0 Å². The molecule has 0 aromatic heterocycles. The zero-order valence-electron chi connectivity index (χ0n) is 1.66. The quantitative estimate of drug-likeness (QED) is 0.370. The van der Waals surface area contributed by atoms with Gasteiger partial charge in [0.2, 0.25) is 0 Å². The number of hydrogen-bond acceptors (Lipinski definition) is 0. The molecule has 0 bridgehead atoms. The zero-order chi connectivity index (χ0) is 0. The summed E-state index contributed by atoms with van der Waals surface area (Å²) in [6.07, 6.45) is 0. The molecule has 6 radical (unpaired) electrons. The van der Waals surface area contributed by atoms with Gasteiger partial charge in [-0.05, 0) is 0 Å². The van der Waals surface area contributed by atoms with E-state index >= 15 is 0 Å². The second-order valence-corrected chi connectivity index (χ2v) is 0. The van der Waals surface area contributed by atoms with E-state index in [0.29, 0.717) is 0 Å². The van der Waals surface area contributed by atoms with Crippen molar-refractivity contribution < 1.29 is 38.1 Å². The van der Waals surface area contributed by atoms with Crippen LogP contribution in [0.5, 0.6) is 0 Å². The molecule has 0 aliphatic carbocycles. The van der Waals surface area contributed by atoms with Crippen molar-refractivity contribution in [1.29, 1.82) is 0 Å². The SMILES string of the molecule is [Bi].[Fe].[MgH2].[Mo].[P]. The van der Waals surface area contributed by atoms with Crippen LogP contribution in [0.25, 0.3) is 0 Å². The molecule has 0 atom stereocenters. The molecule has 0 amide bonds. The van der Waals surface area contributed by atoms with Crippen molar-refractivity contribution in [3.8, 4) is 0 Å². The first-order valence-electron chi connectivity index (χ1n) is 0. The maximum Gasteiger partial charge on any atom is 0.316 e. The van der Waals surface area contributed by atoms with Gasteiger partial charge in [0.1, 0.15) is 0 Å². The van der Waals surface area contributed by atoms with Crippen molar-refractivity contribution in [2.45, 2.75) is 0 Å². The van der Waals surface area contributed by atoms with Gasteiger partial charge in [-0.3, -0.25) is 0 Å². The topological polar surface area (TPSA) is 0 Å². The van der Waals surface area contributed by atoms with Gasteiger partial charge < -0.3 is 0 Å². The van der Waals surface area contributed by atoms with Crippen molar-refractivity contribution >= 4 is 59.2 Å². The summed E-state index contributed by atoms with van der Waals surface area (Å²) in [4.78, 5) is 0. The molecule has 0 nitrogen and oxygen atoms in total. The average Bonchev–Trinajstić information content (AvgIpc) is 0. The third kappa shape index (κ3) is 18.9. The van der Waals surface area contributed by atoms with Gasteiger partial charge >= 0.3 is 23.1 Å². The minimum absolute atomic E-state index is 0. The molecular formula is H2BiFeMgMoP. The standard InChI is InChI=1S/Bi.Fe.Mg.Mo.P.2H. The summed E-state index contributed by atoms with van der Waals surface area (Å²) in [5.74, 6) is 0. The van der Waals surface area contributed by atoms with Gasteiger partial charge in [-0.2, -0.15) is 0 Å². The fraction of sp³-hybridized carbons (Fsp3) is 0. The Morgan fingerprint density at radius 1 is 1.00 bits per heavy atom. The van der Waals surface area contributed by atoms with E-state index in [1.165, 1.54) is 0 Å². The van der Waals surface area contributed by atoms with E-state index in [0.717, 1.165) is 0 Å². The molecule has 0 saturated heterocycles. The zero-order valence-corrected chi connectivity index (χ0v) is 9.14. The molecule has 5 heavy (non-hydrogen) atoms. The van der Waals surface area contributed by atoms with Gasteiger partial charge in [0.05, 0.1) is 0 Å². The van der Waals surface area contributed by atoms with E-state index in [2.05, 4.69) is 0 Å². The summed E-state index contributed by atoms with van der Waals surface area (Å²) in [7, 11) is 0. The molecule has 0 saturated carbocycles. The Morgan fingerprint density at radius 3 is 1.00 bits per heavy atom. The molecule has 0 fully saturated rings. The molecule has 0 aromatic carbocycles. The van der Waals surface area contributed by atoms with Crippen LogP contribution < -0.4 is 0 Å². The monoisotopic (exact) mass is 420 g/mol. The summed E-state index contributed by atoms with van der Waals surface area (Å²) >= 11 is 0. The molecule has 28 valence electrons. The van der Waals surface area contributed by atoms with Crippen molar-refractivity contribution in [2.75, 3.05) is 0 Å². The molecule has 0 unspecified atom stereocenters. The molecule has 0 N–H and O–H groups in total. The number of rotatable bonds is 0.